The predicted molar refractivity (Wildman–Crippen MR) is 148 cm³/mol. The third-order valence-corrected chi connectivity index (χ3v) is 13.4. The summed E-state index contributed by atoms with van der Waals surface area (Å²) < 4.78 is 26.1. The Morgan fingerprint density at radius 2 is 1.81 bits per heavy atom. The minimum Gasteiger partial charge on any atom is -0.417 e. The zero-order valence-corrected chi connectivity index (χ0v) is 25.0. The molecule has 0 aromatic heterocycles. The molecule has 1 N–H and O–H groups in total. The second-order valence-electron chi connectivity index (χ2n) is 12.8. The molecule has 2 fully saturated rings. The van der Waals surface area contributed by atoms with Gasteiger partial charge < -0.3 is 23.7 Å². The minimum atomic E-state index is -1.78. The standard InChI is InChI=1S/C30H52O5Si/c1-8-9-17-29(31)19-20-30(35-27(29)23-32-22-25-13-11-10-12-14-25)18-15-24(2)26(34-30)16-21-33-36(6,7)28(3,4)5/h10-14,24,26-27,31H,8-9,15-23H2,1-7H3/t24-,26+,27-,29-,30-/m0/s1. The van der Waals surface area contributed by atoms with Gasteiger partial charge in [0.15, 0.2) is 14.1 Å². The van der Waals surface area contributed by atoms with Crippen molar-refractivity contribution in [1.82, 2.24) is 0 Å². The van der Waals surface area contributed by atoms with Gasteiger partial charge >= 0.3 is 0 Å². The van der Waals surface area contributed by atoms with Gasteiger partial charge in [-0.15, -0.1) is 0 Å². The molecular weight excluding hydrogens is 468 g/mol. The Balaban J connectivity index is 1.64. The fraction of sp³-hybridized carbons (Fsp3) is 0.800. The SMILES string of the molecule is CCCC[C@]1(O)CC[C@]2(CC[C@H](C)[C@@H](CCO[Si](C)(C)C(C)(C)C)O2)O[C@H]1COCc1ccccc1. The molecule has 2 saturated heterocycles. The number of hydrogen-bond acceptors (Lipinski definition) is 5. The number of hydrogen-bond donors (Lipinski definition) is 1. The predicted octanol–water partition coefficient (Wildman–Crippen LogP) is 7.23. The van der Waals surface area contributed by atoms with Crippen molar-refractivity contribution in [2.45, 2.75) is 134 Å². The largest absolute Gasteiger partial charge is 0.417 e. The molecule has 5 atom stereocenters. The van der Waals surface area contributed by atoms with Crippen LogP contribution in [0.4, 0.5) is 0 Å². The van der Waals surface area contributed by atoms with Crippen LogP contribution in [0, 0.1) is 5.92 Å². The van der Waals surface area contributed by atoms with Crippen LogP contribution in [-0.4, -0.2) is 50.2 Å². The summed E-state index contributed by atoms with van der Waals surface area (Å²) in [5.41, 5.74) is 0.260. The first kappa shape index (κ1) is 29.8. The fourth-order valence-corrected chi connectivity index (χ4v) is 6.22. The van der Waals surface area contributed by atoms with E-state index in [2.05, 4.69) is 59.8 Å². The zero-order valence-electron chi connectivity index (χ0n) is 24.0. The number of unbranched alkanes of at least 4 members (excludes halogenated alkanes) is 1. The fourth-order valence-electron chi connectivity index (χ4n) is 5.16. The molecule has 206 valence electrons. The van der Waals surface area contributed by atoms with E-state index in [0.717, 1.165) is 57.1 Å². The van der Waals surface area contributed by atoms with Gasteiger partial charge in [0.2, 0.25) is 0 Å². The van der Waals surface area contributed by atoms with Crippen LogP contribution >= 0.6 is 0 Å². The van der Waals surface area contributed by atoms with E-state index in [-0.39, 0.29) is 17.2 Å². The first-order chi connectivity index (χ1) is 16.9. The Morgan fingerprint density at radius 1 is 1.08 bits per heavy atom. The van der Waals surface area contributed by atoms with Crippen molar-refractivity contribution < 1.29 is 23.7 Å². The summed E-state index contributed by atoms with van der Waals surface area (Å²) >= 11 is 0. The lowest BCUT2D eigenvalue weighted by Gasteiger charge is -2.52. The lowest BCUT2D eigenvalue weighted by atomic mass is 9.79. The van der Waals surface area contributed by atoms with E-state index in [1.807, 2.05) is 18.2 Å². The highest BCUT2D eigenvalue weighted by Crippen LogP contribution is 2.46. The van der Waals surface area contributed by atoms with E-state index in [1.54, 1.807) is 0 Å². The number of ether oxygens (including phenoxy) is 3. The molecule has 2 aliphatic heterocycles. The van der Waals surface area contributed by atoms with E-state index in [9.17, 15) is 5.11 Å². The van der Waals surface area contributed by atoms with Crippen LogP contribution in [0.1, 0.15) is 91.5 Å². The van der Waals surface area contributed by atoms with Crippen LogP contribution in [0.3, 0.4) is 0 Å². The molecule has 1 spiro atoms. The Bertz CT molecular complexity index is 794. The van der Waals surface area contributed by atoms with Gasteiger partial charge in [0, 0.05) is 19.4 Å². The molecule has 1 aromatic carbocycles. The van der Waals surface area contributed by atoms with Gasteiger partial charge in [-0.1, -0.05) is 77.8 Å². The normalized spacial score (nSPS) is 31.6. The monoisotopic (exact) mass is 520 g/mol. The van der Waals surface area contributed by atoms with Crippen molar-refractivity contribution in [2.24, 2.45) is 5.92 Å². The summed E-state index contributed by atoms with van der Waals surface area (Å²) in [6, 6.07) is 10.2. The third kappa shape index (κ3) is 7.64. The molecule has 0 radical (unpaired) electrons. The Morgan fingerprint density at radius 3 is 2.47 bits per heavy atom. The molecule has 0 bridgehead atoms. The van der Waals surface area contributed by atoms with E-state index in [4.69, 9.17) is 18.6 Å². The van der Waals surface area contributed by atoms with Crippen molar-refractivity contribution in [3.8, 4) is 0 Å². The van der Waals surface area contributed by atoms with Crippen LogP contribution in [0.25, 0.3) is 0 Å². The molecular formula is C30H52O5Si. The molecule has 0 amide bonds. The van der Waals surface area contributed by atoms with Gasteiger partial charge in [-0.3, -0.25) is 0 Å². The van der Waals surface area contributed by atoms with E-state index < -0.39 is 19.7 Å². The number of aliphatic hydroxyl groups is 1. The van der Waals surface area contributed by atoms with Crippen molar-refractivity contribution in [1.29, 1.82) is 0 Å². The molecule has 0 aliphatic carbocycles. The lowest BCUT2D eigenvalue weighted by molar-refractivity contribution is -0.358. The van der Waals surface area contributed by atoms with Crippen LogP contribution < -0.4 is 0 Å². The minimum absolute atomic E-state index is 0.108. The topological polar surface area (TPSA) is 57.2 Å². The molecule has 1 aromatic rings. The summed E-state index contributed by atoms with van der Waals surface area (Å²) in [6.07, 6.45) is 6.72. The molecule has 6 heteroatoms. The molecule has 2 aliphatic rings. The maximum Gasteiger partial charge on any atom is 0.191 e. The Hall–Kier alpha value is -0.763. The first-order valence-electron chi connectivity index (χ1n) is 14.2. The second-order valence-corrected chi connectivity index (χ2v) is 17.6. The highest BCUT2D eigenvalue weighted by molar-refractivity contribution is 6.74. The van der Waals surface area contributed by atoms with E-state index >= 15 is 0 Å². The Labute approximate surface area is 221 Å². The van der Waals surface area contributed by atoms with Crippen LogP contribution in [-0.2, 0) is 25.2 Å². The summed E-state index contributed by atoms with van der Waals surface area (Å²) in [6.45, 7) is 17.5. The first-order valence-corrected chi connectivity index (χ1v) is 17.1. The van der Waals surface area contributed by atoms with Gasteiger partial charge in [0.05, 0.1) is 24.9 Å². The van der Waals surface area contributed by atoms with Crippen molar-refractivity contribution in [2.75, 3.05) is 13.2 Å². The van der Waals surface area contributed by atoms with E-state index in [1.165, 1.54) is 0 Å². The molecule has 0 unspecified atom stereocenters. The quantitative estimate of drug-likeness (QED) is 0.312. The van der Waals surface area contributed by atoms with Crippen LogP contribution in [0.2, 0.25) is 18.1 Å². The van der Waals surface area contributed by atoms with Gasteiger partial charge in [-0.05, 0) is 55.3 Å². The summed E-state index contributed by atoms with van der Waals surface area (Å²) in [4.78, 5) is 0. The van der Waals surface area contributed by atoms with Crippen molar-refractivity contribution in [3.63, 3.8) is 0 Å². The highest BCUT2D eigenvalue weighted by atomic mass is 28.4. The van der Waals surface area contributed by atoms with Gasteiger partial charge in [-0.25, -0.2) is 0 Å². The van der Waals surface area contributed by atoms with Gasteiger partial charge in [0.25, 0.3) is 0 Å². The molecule has 3 rings (SSSR count). The number of rotatable bonds is 11. The summed E-state index contributed by atoms with van der Waals surface area (Å²) in [5.74, 6) is -0.163. The zero-order chi connectivity index (χ0) is 26.5. The maximum atomic E-state index is 11.6. The highest BCUT2D eigenvalue weighted by Gasteiger charge is 2.52. The van der Waals surface area contributed by atoms with Gasteiger partial charge in [0.1, 0.15) is 6.10 Å². The summed E-state index contributed by atoms with van der Waals surface area (Å²) in [7, 11) is -1.78. The van der Waals surface area contributed by atoms with Crippen molar-refractivity contribution >= 4 is 8.32 Å². The lowest BCUT2D eigenvalue weighted by Crippen LogP contribution is -2.60. The summed E-state index contributed by atoms with van der Waals surface area (Å²) in [5, 5.41) is 11.8. The Kier molecular flexibility index (Phi) is 10.3. The average Bonchev–Trinajstić information content (AvgIpc) is 2.82. The van der Waals surface area contributed by atoms with Crippen LogP contribution in [0.15, 0.2) is 30.3 Å². The third-order valence-electron chi connectivity index (χ3n) is 8.89. The second kappa shape index (κ2) is 12.4. The van der Waals surface area contributed by atoms with E-state index in [0.29, 0.717) is 25.6 Å². The average molecular weight is 521 g/mol. The smallest absolute Gasteiger partial charge is 0.191 e. The number of benzene rings is 1. The van der Waals surface area contributed by atoms with Gasteiger partial charge in [-0.2, -0.15) is 0 Å². The maximum absolute atomic E-state index is 11.6. The van der Waals surface area contributed by atoms with Crippen molar-refractivity contribution in [3.05, 3.63) is 35.9 Å². The molecule has 5 nitrogen and oxygen atoms in total. The van der Waals surface area contributed by atoms with Crippen LogP contribution in [0.5, 0.6) is 0 Å². The molecule has 36 heavy (non-hydrogen) atoms. The molecule has 0 saturated carbocycles. The molecule has 2 heterocycles.